The highest BCUT2D eigenvalue weighted by molar-refractivity contribution is 4.90. The molecule has 0 aromatic heterocycles. The van der Waals surface area contributed by atoms with Crippen LogP contribution in [-0.4, -0.2) is 52.9 Å². The smallest absolute Gasteiger partial charge is 0.168 e. The minimum atomic E-state index is -0.581. The molecule has 1 saturated heterocycles. The average Bonchev–Trinajstić information content (AvgIpc) is 2.85. The van der Waals surface area contributed by atoms with Gasteiger partial charge < -0.3 is 19.7 Å². The minimum Gasteiger partial charge on any atom is -0.516 e. The lowest BCUT2D eigenvalue weighted by molar-refractivity contribution is -0.199. The summed E-state index contributed by atoms with van der Waals surface area (Å²) in [6, 6.07) is 0. The highest BCUT2D eigenvalue weighted by Gasteiger charge is 2.46. The zero-order valence-corrected chi connectivity index (χ0v) is 15.0. The molecule has 2 N–H and O–H groups in total. The second-order valence-corrected chi connectivity index (χ2v) is 8.07. The van der Waals surface area contributed by atoms with Gasteiger partial charge in [0.05, 0.1) is 19.0 Å². The van der Waals surface area contributed by atoms with E-state index in [1.807, 2.05) is 4.90 Å². The summed E-state index contributed by atoms with van der Waals surface area (Å²) in [5, 5.41) is 18.6. The van der Waals surface area contributed by atoms with Crippen molar-refractivity contribution < 1.29 is 19.7 Å². The second-order valence-electron chi connectivity index (χ2n) is 8.07. The summed E-state index contributed by atoms with van der Waals surface area (Å²) >= 11 is 0. The third-order valence-corrected chi connectivity index (χ3v) is 5.30. The first-order valence-corrected chi connectivity index (χ1v) is 8.79. The second kappa shape index (κ2) is 7.51. The highest BCUT2D eigenvalue weighted by Crippen LogP contribution is 2.45. The predicted octanol–water partition coefficient (Wildman–Crippen LogP) is 3.05. The lowest BCUT2D eigenvalue weighted by atomic mass is 9.71. The maximum Gasteiger partial charge on any atom is 0.168 e. The number of nitrogens with zero attached hydrogens (tertiary/aromatic N) is 1. The van der Waals surface area contributed by atoms with E-state index in [9.17, 15) is 5.11 Å². The van der Waals surface area contributed by atoms with Crippen molar-refractivity contribution in [1.82, 2.24) is 4.90 Å². The van der Waals surface area contributed by atoms with Gasteiger partial charge in [-0.2, -0.15) is 0 Å². The van der Waals surface area contributed by atoms with E-state index >= 15 is 0 Å². The Morgan fingerprint density at radius 1 is 1.30 bits per heavy atom. The first-order chi connectivity index (χ1) is 10.8. The summed E-state index contributed by atoms with van der Waals surface area (Å²) in [4.78, 5) is 1.86. The summed E-state index contributed by atoms with van der Waals surface area (Å²) in [6.07, 6.45) is 6.22. The zero-order chi connectivity index (χ0) is 17.1. The van der Waals surface area contributed by atoms with Gasteiger partial charge >= 0.3 is 0 Å². The van der Waals surface area contributed by atoms with Crippen LogP contribution in [0.1, 0.15) is 53.4 Å². The molecule has 5 nitrogen and oxygen atoms in total. The molecule has 2 aliphatic rings. The Bertz CT molecular complexity index is 394. The van der Waals surface area contributed by atoms with Crippen molar-refractivity contribution in [2.45, 2.75) is 71.5 Å². The number of aliphatic hydroxyl groups is 2. The minimum absolute atomic E-state index is 0.0251. The van der Waals surface area contributed by atoms with Gasteiger partial charge in [-0.15, -0.1) is 0 Å². The van der Waals surface area contributed by atoms with Crippen LogP contribution in [0.3, 0.4) is 0 Å². The van der Waals surface area contributed by atoms with E-state index in [1.165, 1.54) is 0 Å². The number of aliphatic hydroxyl groups excluding tert-OH is 2. The molecule has 1 spiro atoms. The van der Waals surface area contributed by atoms with Crippen LogP contribution in [0.25, 0.3) is 0 Å². The number of hydrogen-bond acceptors (Lipinski definition) is 5. The molecule has 0 radical (unpaired) electrons. The van der Waals surface area contributed by atoms with E-state index in [0.29, 0.717) is 25.1 Å². The van der Waals surface area contributed by atoms with Crippen LogP contribution in [0.5, 0.6) is 0 Å². The fourth-order valence-corrected chi connectivity index (χ4v) is 3.72. The molecular weight excluding hydrogens is 294 g/mol. The lowest BCUT2D eigenvalue weighted by Crippen LogP contribution is -2.42. The van der Waals surface area contributed by atoms with Gasteiger partial charge in [-0.05, 0) is 37.2 Å². The Morgan fingerprint density at radius 2 is 1.96 bits per heavy atom. The van der Waals surface area contributed by atoms with Crippen molar-refractivity contribution in [2.75, 3.05) is 19.7 Å². The molecule has 0 aromatic rings. The van der Waals surface area contributed by atoms with Crippen LogP contribution < -0.4 is 0 Å². The Hall–Kier alpha value is -0.620. The van der Waals surface area contributed by atoms with Crippen molar-refractivity contribution >= 4 is 0 Å². The predicted molar refractivity (Wildman–Crippen MR) is 90.0 cm³/mol. The lowest BCUT2D eigenvalue weighted by Gasteiger charge is -2.41. The van der Waals surface area contributed by atoms with Crippen molar-refractivity contribution in [3.05, 3.63) is 12.3 Å². The molecule has 0 bridgehead atoms. The summed E-state index contributed by atoms with van der Waals surface area (Å²) in [5.41, 5.74) is 0.347. The van der Waals surface area contributed by atoms with Crippen LogP contribution in [0.15, 0.2) is 12.3 Å². The van der Waals surface area contributed by atoms with Gasteiger partial charge in [-0.25, -0.2) is 0 Å². The standard InChI is InChI=1S/C18H33NO4/c1-14(21)19(10-5-11-20)12-16-13-22-18(23-16)8-6-15(7-9-18)17(2,3)4/h5,11,14-16,20-21H,6-10,12-13H2,1-4H3/b11-5+. The highest BCUT2D eigenvalue weighted by atomic mass is 16.7. The van der Waals surface area contributed by atoms with Gasteiger partial charge in [0.25, 0.3) is 0 Å². The molecule has 1 heterocycles. The molecule has 1 aliphatic carbocycles. The molecule has 134 valence electrons. The fraction of sp³-hybridized carbons (Fsp3) is 0.889. The molecule has 2 unspecified atom stereocenters. The van der Waals surface area contributed by atoms with Gasteiger partial charge in [0, 0.05) is 25.9 Å². The topological polar surface area (TPSA) is 62.2 Å². The Labute approximate surface area is 140 Å². The molecule has 23 heavy (non-hydrogen) atoms. The molecule has 2 rings (SSSR count). The van der Waals surface area contributed by atoms with E-state index in [1.54, 1.807) is 13.0 Å². The third kappa shape index (κ3) is 4.92. The molecule has 1 saturated carbocycles. The maximum absolute atomic E-state index is 9.84. The first-order valence-electron chi connectivity index (χ1n) is 8.79. The fourth-order valence-electron chi connectivity index (χ4n) is 3.72. The molecule has 5 heteroatoms. The molecule has 0 amide bonds. The van der Waals surface area contributed by atoms with E-state index < -0.39 is 12.0 Å². The van der Waals surface area contributed by atoms with Gasteiger partial charge in [0.1, 0.15) is 6.23 Å². The molecule has 2 fully saturated rings. The normalized spacial score (nSPS) is 33.8. The van der Waals surface area contributed by atoms with Gasteiger partial charge in [0.15, 0.2) is 5.79 Å². The quantitative estimate of drug-likeness (QED) is 0.600. The third-order valence-electron chi connectivity index (χ3n) is 5.30. The van der Waals surface area contributed by atoms with Crippen molar-refractivity contribution in [3.63, 3.8) is 0 Å². The summed E-state index contributed by atoms with van der Waals surface area (Å²) in [5.74, 6) is 0.312. The van der Waals surface area contributed by atoms with Crippen LogP contribution in [0.4, 0.5) is 0 Å². The monoisotopic (exact) mass is 327 g/mol. The molecule has 0 aromatic carbocycles. The van der Waals surface area contributed by atoms with Crippen molar-refractivity contribution in [1.29, 1.82) is 0 Å². The first kappa shape index (κ1) is 18.7. The maximum atomic E-state index is 9.84. The Kier molecular flexibility index (Phi) is 6.11. The van der Waals surface area contributed by atoms with E-state index in [-0.39, 0.29) is 6.10 Å². The summed E-state index contributed by atoms with van der Waals surface area (Å²) in [6.45, 7) is 10.3. The van der Waals surface area contributed by atoms with Crippen molar-refractivity contribution in [2.24, 2.45) is 11.3 Å². The van der Waals surface area contributed by atoms with Crippen LogP contribution in [-0.2, 0) is 9.47 Å². The van der Waals surface area contributed by atoms with Crippen LogP contribution in [0.2, 0.25) is 0 Å². The molecule has 1 aliphatic heterocycles. The Morgan fingerprint density at radius 3 is 2.48 bits per heavy atom. The SMILES string of the molecule is CC(O)N(C/C=C/O)CC1COC2(CCC(C(C)(C)C)CC2)O1. The van der Waals surface area contributed by atoms with Gasteiger partial charge in [0.2, 0.25) is 0 Å². The van der Waals surface area contributed by atoms with E-state index in [4.69, 9.17) is 14.6 Å². The Balaban J connectivity index is 1.86. The largest absolute Gasteiger partial charge is 0.516 e. The summed E-state index contributed by atoms with van der Waals surface area (Å²) < 4.78 is 12.3. The van der Waals surface area contributed by atoms with E-state index in [2.05, 4.69) is 20.8 Å². The van der Waals surface area contributed by atoms with Crippen LogP contribution >= 0.6 is 0 Å². The number of hydrogen-bond donors (Lipinski definition) is 2. The average molecular weight is 327 g/mol. The molecule has 2 atom stereocenters. The number of rotatable bonds is 5. The molecular formula is C18H33NO4. The zero-order valence-electron chi connectivity index (χ0n) is 15.0. The van der Waals surface area contributed by atoms with Gasteiger partial charge in [-0.3, -0.25) is 4.90 Å². The van der Waals surface area contributed by atoms with E-state index in [0.717, 1.165) is 37.9 Å². The van der Waals surface area contributed by atoms with Crippen molar-refractivity contribution in [3.8, 4) is 0 Å². The van der Waals surface area contributed by atoms with Crippen LogP contribution in [0, 0.1) is 11.3 Å². The number of ether oxygens (including phenoxy) is 2. The van der Waals surface area contributed by atoms with Gasteiger partial charge in [-0.1, -0.05) is 20.8 Å². The summed E-state index contributed by atoms with van der Waals surface area (Å²) in [7, 11) is 0.